The molecule has 1 aromatic carbocycles. The number of nitrogens with one attached hydrogen (secondary N) is 2. The van der Waals surface area contributed by atoms with Gasteiger partial charge in [-0.05, 0) is 44.8 Å². The van der Waals surface area contributed by atoms with Crippen LogP contribution in [0.2, 0.25) is 0 Å². The molecular formula is C20H32F3IN4O. The van der Waals surface area contributed by atoms with Gasteiger partial charge in [0.15, 0.2) is 5.96 Å². The van der Waals surface area contributed by atoms with Gasteiger partial charge in [-0.15, -0.1) is 24.0 Å². The highest BCUT2D eigenvalue weighted by molar-refractivity contribution is 14.0. The van der Waals surface area contributed by atoms with Crippen LogP contribution in [0.15, 0.2) is 35.3 Å². The molecule has 2 rings (SSSR count). The number of hydrogen-bond acceptors (Lipinski definition) is 3. The van der Waals surface area contributed by atoms with Gasteiger partial charge in [-0.25, -0.2) is 0 Å². The van der Waals surface area contributed by atoms with Crippen LogP contribution in [0.4, 0.5) is 13.2 Å². The molecule has 0 radical (unpaired) electrons. The minimum atomic E-state index is -4.27. The van der Waals surface area contributed by atoms with Crippen LogP contribution >= 0.6 is 24.0 Å². The van der Waals surface area contributed by atoms with Crippen molar-refractivity contribution in [3.63, 3.8) is 0 Å². The fraction of sp³-hybridized carbons (Fsp3) is 0.650. The Balaban J connectivity index is 0.00000420. The first-order valence-electron chi connectivity index (χ1n) is 9.95. The molecule has 0 amide bonds. The van der Waals surface area contributed by atoms with E-state index in [0.717, 1.165) is 19.6 Å². The summed E-state index contributed by atoms with van der Waals surface area (Å²) in [6.45, 7) is 4.86. The minimum absolute atomic E-state index is 0. The van der Waals surface area contributed by atoms with E-state index in [-0.39, 0.29) is 36.6 Å². The Morgan fingerprint density at radius 1 is 1.17 bits per heavy atom. The van der Waals surface area contributed by atoms with Crippen LogP contribution in [0.25, 0.3) is 0 Å². The summed E-state index contributed by atoms with van der Waals surface area (Å²) in [5, 5.41) is 6.37. The first-order valence-corrected chi connectivity index (χ1v) is 9.95. The summed E-state index contributed by atoms with van der Waals surface area (Å²) < 4.78 is 40.8. The number of aliphatic imine (C=N–C) groups is 1. The van der Waals surface area contributed by atoms with E-state index in [1.165, 1.54) is 18.4 Å². The fourth-order valence-corrected chi connectivity index (χ4v) is 3.25. The summed E-state index contributed by atoms with van der Waals surface area (Å²) in [6.07, 6.45) is -1.37. The molecule has 9 heteroatoms. The quantitative estimate of drug-likeness (QED) is 0.209. The van der Waals surface area contributed by atoms with Crippen molar-refractivity contribution in [1.29, 1.82) is 0 Å². The topological polar surface area (TPSA) is 48.9 Å². The molecule has 0 aliphatic carbocycles. The first-order chi connectivity index (χ1) is 13.5. The van der Waals surface area contributed by atoms with Gasteiger partial charge in [-0.2, -0.15) is 13.2 Å². The number of alkyl halides is 3. The zero-order valence-electron chi connectivity index (χ0n) is 16.9. The van der Waals surface area contributed by atoms with Gasteiger partial charge in [0, 0.05) is 19.7 Å². The number of guanidine groups is 1. The third kappa shape index (κ3) is 10.5. The molecule has 1 unspecified atom stereocenters. The normalized spacial score (nSPS) is 16.3. The predicted octanol–water partition coefficient (Wildman–Crippen LogP) is 3.97. The average Bonchev–Trinajstić information content (AvgIpc) is 3.19. The first kappa shape index (κ1) is 26.0. The second-order valence-corrected chi connectivity index (χ2v) is 6.84. The van der Waals surface area contributed by atoms with Crippen LogP contribution < -0.4 is 10.6 Å². The average molecular weight is 528 g/mol. The monoisotopic (exact) mass is 528 g/mol. The maximum absolute atomic E-state index is 12.1. The third-order valence-electron chi connectivity index (χ3n) is 4.56. The van der Waals surface area contributed by atoms with Gasteiger partial charge >= 0.3 is 6.18 Å². The molecule has 1 aliphatic rings. The van der Waals surface area contributed by atoms with Crippen LogP contribution in [-0.2, 0) is 4.74 Å². The van der Waals surface area contributed by atoms with Crippen LogP contribution in [-0.4, -0.2) is 63.0 Å². The highest BCUT2D eigenvalue weighted by Crippen LogP contribution is 2.25. The van der Waals surface area contributed by atoms with Gasteiger partial charge in [0.2, 0.25) is 0 Å². The van der Waals surface area contributed by atoms with Gasteiger partial charge in [-0.3, -0.25) is 9.89 Å². The van der Waals surface area contributed by atoms with Gasteiger partial charge in [0.1, 0.15) is 6.61 Å². The highest BCUT2D eigenvalue weighted by Gasteiger charge is 2.27. The molecule has 2 N–H and O–H groups in total. The number of nitrogens with zero attached hydrogens (tertiary/aromatic N) is 2. The van der Waals surface area contributed by atoms with E-state index in [9.17, 15) is 13.2 Å². The molecule has 29 heavy (non-hydrogen) atoms. The molecule has 1 aliphatic heterocycles. The lowest BCUT2D eigenvalue weighted by Gasteiger charge is -2.27. The van der Waals surface area contributed by atoms with E-state index < -0.39 is 12.8 Å². The molecule has 1 fully saturated rings. The Kier molecular flexibility index (Phi) is 12.6. The minimum Gasteiger partial charge on any atom is -0.372 e. The van der Waals surface area contributed by atoms with Crippen molar-refractivity contribution in [1.82, 2.24) is 15.5 Å². The van der Waals surface area contributed by atoms with Gasteiger partial charge in [-0.1, -0.05) is 30.3 Å². The summed E-state index contributed by atoms with van der Waals surface area (Å²) in [5.41, 5.74) is 1.25. The zero-order chi connectivity index (χ0) is 20.2. The lowest BCUT2D eigenvalue weighted by molar-refractivity contribution is -0.173. The SMILES string of the molecule is CCNC(=NCC(c1ccccc1)N1CCCC1)NCCCOCC(F)(F)F.I. The molecule has 0 aromatic heterocycles. The van der Waals surface area contributed by atoms with E-state index >= 15 is 0 Å². The van der Waals surface area contributed by atoms with Crippen molar-refractivity contribution < 1.29 is 17.9 Å². The Labute approximate surface area is 188 Å². The van der Waals surface area contributed by atoms with E-state index in [1.807, 2.05) is 25.1 Å². The van der Waals surface area contributed by atoms with E-state index in [0.29, 0.717) is 25.5 Å². The molecule has 166 valence electrons. The lowest BCUT2D eigenvalue weighted by atomic mass is 10.1. The third-order valence-corrected chi connectivity index (χ3v) is 4.56. The van der Waals surface area contributed by atoms with Crippen LogP contribution in [0, 0.1) is 0 Å². The Morgan fingerprint density at radius 3 is 2.48 bits per heavy atom. The maximum atomic E-state index is 12.1. The van der Waals surface area contributed by atoms with E-state index in [1.54, 1.807) is 0 Å². The number of halogens is 4. The molecular weight excluding hydrogens is 496 g/mol. The van der Waals surface area contributed by atoms with Crippen molar-refractivity contribution in [2.45, 2.75) is 38.4 Å². The number of benzene rings is 1. The molecule has 1 saturated heterocycles. The van der Waals surface area contributed by atoms with Crippen LogP contribution in [0.1, 0.15) is 37.8 Å². The lowest BCUT2D eigenvalue weighted by Crippen LogP contribution is -2.39. The zero-order valence-corrected chi connectivity index (χ0v) is 19.2. The van der Waals surface area contributed by atoms with Crippen molar-refractivity contribution in [2.24, 2.45) is 4.99 Å². The van der Waals surface area contributed by atoms with Crippen molar-refractivity contribution in [2.75, 3.05) is 45.9 Å². The Bertz CT molecular complexity index is 581. The molecule has 1 aromatic rings. The van der Waals surface area contributed by atoms with Gasteiger partial charge in [0.25, 0.3) is 0 Å². The highest BCUT2D eigenvalue weighted by atomic mass is 127. The number of likely N-dealkylation sites (tertiary alicyclic amines) is 1. The summed E-state index contributed by atoms with van der Waals surface area (Å²) in [4.78, 5) is 7.19. The number of hydrogen-bond donors (Lipinski definition) is 2. The van der Waals surface area contributed by atoms with Crippen molar-refractivity contribution >= 4 is 29.9 Å². The Hall–Kier alpha value is -1.07. The molecule has 0 spiro atoms. The van der Waals surface area contributed by atoms with E-state index in [2.05, 4.69) is 32.4 Å². The van der Waals surface area contributed by atoms with Gasteiger partial charge in [0.05, 0.1) is 12.6 Å². The summed E-state index contributed by atoms with van der Waals surface area (Å²) >= 11 is 0. The molecule has 1 atom stereocenters. The fourth-order valence-electron chi connectivity index (χ4n) is 3.25. The molecule has 0 saturated carbocycles. The predicted molar refractivity (Wildman–Crippen MR) is 121 cm³/mol. The largest absolute Gasteiger partial charge is 0.411 e. The Morgan fingerprint density at radius 2 is 1.86 bits per heavy atom. The van der Waals surface area contributed by atoms with E-state index in [4.69, 9.17) is 4.99 Å². The maximum Gasteiger partial charge on any atom is 0.411 e. The standard InChI is InChI=1S/C20H31F3N4O.HI/c1-2-24-19(25-11-8-14-28-16-20(21,22)23)26-15-18(27-12-6-7-13-27)17-9-4-3-5-10-17;/h3-5,9-10,18H,2,6-8,11-16H2,1H3,(H2,24,25,26);1H. The smallest absolute Gasteiger partial charge is 0.372 e. The molecule has 0 bridgehead atoms. The van der Waals surface area contributed by atoms with Crippen LogP contribution in [0.3, 0.4) is 0 Å². The number of ether oxygens (including phenoxy) is 1. The second-order valence-electron chi connectivity index (χ2n) is 6.84. The molecule has 1 heterocycles. The van der Waals surface area contributed by atoms with Crippen molar-refractivity contribution in [3.05, 3.63) is 35.9 Å². The summed E-state index contributed by atoms with van der Waals surface area (Å²) in [7, 11) is 0. The van der Waals surface area contributed by atoms with Gasteiger partial charge < -0.3 is 15.4 Å². The second kappa shape index (κ2) is 14.0. The summed E-state index contributed by atoms with van der Waals surface area (Å²) in [6, 6.07) is 10.6. The number of rotatable bonds is 10. The summed E-state index contributed by atoms with van der Waals surface area (Å²) in [5.74, 6) is 0.679. The van der Waals surface area contributed by atoms with Crippen LogP contribution in [0.5, 0.6) is 0 Å². The van der Waals surface area contributed by atoms with Crippen molar-refractivity contribution in [3.8, 4) is 0 Å². The molecule has 5 nitrogen and oxygen atoms in total.